The monoisotopic (exact) mass is 301 g/mol. The Balaban J connectivity index is 2.05. The molecule has 3 nitrogen and oxygen atoms in total. The van der Waals surface area contributed by atoms with Crippen LogP contribution in [0, 0.1) is 5.92 Å². The number of hydrogen-bond donors (Lipinski definition) is 1. The third-order valence-electron chi connectivity index (χ3n) is 4.36. The van der Waals surface area contributed by atoms with Gasteiger partial charge in [0, 0.05) is 5.69 Å². The summed E-state index contributed by atoms with van der Waals surface area (Å²) in [6.07, 6.45) is 10.4. The molecular weight excluding hydrogens is 274 g/mol. The molecule has 0 saturated heterocycles. The molecule has 1 aliphatic carbocycles. The van der Waals surface area contributed by atoms with E-state index in [9.17, 15) is 4.79 Å². The zero-order chi connectivity index (χ0) is 15.8. The van der Waals surface area contributed by atoms with E-state index in [-0.39, 0.29) is 5.91 Å². The predicted molar refractivity (Wildman–Crippen MR) is 91.3 cm³/mol. The Morgan fingerprint density at radius 2 is 2.14 bits per heavy atom. The third-order valence-corrected chi connectivity index (χ3v) is 4.36. The maximum Gasteiger partial charge on any atom is 0.247 e. The highest BCUT2D eigenvalue weighted by Gasteiger charge is 2.15. The molecule has 1 aromatic carbocycles. The van der Waals surface area contributed by atoms with Crippen LogP contribution in [0.3, 0.4) is 0 Å². The number of hydrogen-bond acceptors (Lipinski definition) is 2. The summed E-state index contributed by atoms with van der Waals surface area (Å²) in [6.45, 7) is 6.15. The molecule has 1 aliphatic rings. The summed E-state index contributed by atoms with van der Waals surface area (Å²) in [5.74, 6) is 1.60. The summed E-state index contributed by atoms with van der Waals surface area (Å²) in [5.41, 5.74) is 2.00. The number of carbonyl (C=O) groups is 1. The minimum absolute atomic E-state index is 0.178. The maximum absolute atomic E-state index is 11.4. The minimum Gasteiger partial charge on any atom is -0.494 e. The van der Waals surface area contributed by atoms with E-state index in [2.05, 4.69) is 11.9 Å². The van der Waals surface area contributed by atoms with Gasteiger partial charge in [0.2, 0.25) is 5.91 Å². The van der Waals surface area contributed by atoms with Crippen molar-refractivity contribution in [3.05, 3.63) is 36.4 Å². The Labute approximate surface area is 133 Å². The van der Waals surface area contributed by atoms with Gasteiger partial charge in [-0.2, -0.15) is 0 Å². The molecule has 0 atom stereocenters. The van der Waals surface area contributed by atoms with Crippen molar-refractivity contribution in [3.63, 3.8) is 0 Å². The molecule has 0 heterocycles. The number of anilines is 1. The number of carbonyl (C=O) groups excluding carboxylic acids is 1. The Morgan fingerprint density at radius 1 is 1.36 bits per heavy atom. The zero-order valence-corrected chi connectivity index (χ0v) is 13.6. The Bertz CT molecular complexity index is 504. The van der Waals surface area contributed by atoms with Gasteiger partial charge in [0.15, 0.2) is 0 Å². The summed E-state index contributed by atoms with van der Waals surface area (Å²) >= 11 is 0. The Kier molecular flexibility index (Phi) is 6.50. The molecular formula is C19H27NO2. The molecule has 1 aromatic rings. The first-order valence-corrected chi connectivity index (χ1v) is 8.42. The molecule has 3 heteroatoms. The van der Waals surface area contributed by atoms with Crippen LogP contribution in [0.15, 0.2) is 30.9 Å². The first-order chi connectivity index (χ1) is 10.7. The van der Waals surface area contributed by atoms with Crippen molar-refractivity contribution in [2.45, 2.75) is 51.9 Å². The van der Waals surface area contributed by atoms with Crippen LogP contribution >= 0.6 is 0 Å². The van der Waals surface area contributed by atoms with Gasteiger partial charge in [0.05, 0.1) is 6.61 Å². The van der Waals surface area contributed by atoms with Gasteiger partial charge in [-0.25, -0.2) is 0 Å². The number of amides is 1. The molecule has 22 heavy (non-hydrogen) atoms. The number of nitrogens with one attached hydrogen (secondary N) is 1. The second kappa shape index (κ2) is 8.62. The lowest BCUT2D eigenvalue weighted by Crippen LogP contribution is -2.10. The lowest BCUT2D eigenvalue weighted by molar-refractivity contribution is -0.111. The molecule has 2 rings (SSSR count). The van der Waals surface area contributed by atoms with Crippen molar-refractivity contribution in [2.24, 2.45) is 5.92 Å². The Hall–Kier alpha value is -1.77. The molecule has 0 radical (unpaired) electrons. The van der Waals surface area contributed by atoms with Crippen molar-refractivity contribution < 1.29 is 9.53 Å². The molecule has 120 valence electrons. The second-order valence-electron chi connectivity index (χ2n) is 5.99. The van der Waals surface area contributed by atoms with E-state index in [1.54, 1.807) is 0 Å². The highest BCUT2D eigenvalue weighted by atomic mass is 16.5. The first-order valence-electron chi connectivity index (χ1n) is 8.42. The van der Waals surface area contributed by atoms with Crippen LogP contribution in [0.2, 0.25) is 0 Å². The zero-order valence-electron chi connectivity index (χ0n) is 13.6. The highest BCUT2D eigenvalue weighted by molar-refractivity contribution is 5.98. The standard InChI is InChI=1S/C19H27NO2/c1-3-19(21)20-17-12-13-18(22-4-2)16(14-17)11-10-15-8-6-5-7-9-15/h3,12-15H,1,4-11H2,2H3,(H,20,21). The van der Waals surface area contributed by atoms with Gasteiger partial charge in [-0.15, -0.1) is 0 Å². The van der Waals surface area contributed by atoms with Crippen LogP contribution in [-0.4, -0.2) is 12.5 Å². The van der Waals surface area contributed by atoms with Gasteiger partial charge < -0.3 is 10.1 Å². The molecule has 1 amide bonds. The van der Waals surface area contributed by atoms with E-state index < -0.39 is 0 Å². The SMILES string of the molecule is C=CC(=O)Nc1ccc(OCC)c(CCC2CCCCC2)c1. The highest BCUT2D eigenvalue weighted by Crippen LogP contribution is 2.30. The van der Waals surface area contributed by atoms with E-state index >= 15 is 0 Å². The lowest BCUT2D eigenvalue weighted by atomic mass is 9.85. The number of aryl methyl sites for hydroxylation is 1. The second-order valence-corrected chi connectivity index (χ2v) is 5.99. The summed E-state index contributed by atoms with van der Waals surface area (Å²) in [6, 6.07) is 5.88. The van der Waals surface area contributed by atoms with E-state index in [1.807, 2.05) is 25.1 Å². The van der Waals surface area contributed by atoms with Gasteiger partial charge >= 0.3 is 0 Å². The summed E-state index contributed by atoms with van der Waals surface area (Å²) in [5, 5.41) is 2.83. The molecule has 1 N–H and O–H groups in total. The largest absolute Gasteiger partial charge is 0.494 e. The fourth-order valence-corrected chi connectivity index (χ4v) is 3.18. The average molecular weight is 301 g/mol. The van der Waals surface area contributed by atoms with E-state index in [0.29, 0.717) is 6.61 Å². The molecule has 0 aromatic heterocycles. The van der Waals surface area contributed by atoms with Crippen molar-refractivity contribution in [1.29, 1.82) is 0 Å². The maximum atomic E-state index is 11.4. The molecule has 0 bridgehead atoms. The van der Waals surface area contributed by atoms with E-state index in [1.165, 1.54) is 50.2 Å². The van der Waals surface area contributed by atoms with E-state index in [0.717, 1.165) is 23.8 Å². The van der Waals surface area contributed by atoms with Crippen LogP contribution in [0.4, 0.5) is 5.69 Å². The molecule has 1 saturated carbocycles. The van der Waals surface area contributed by atoms with Crippen LogP contribution < -0.4 is 10.1 Å². The predicted octanol–water partition coefficient (Wildman–Crippen LogP) is 4.72. The van der Waals surface area contributed by atoms with Crippen LogP contribution in [0.25, 0.3) is 0 Å². The quantitative estimate of drug-likeness (QED) is 0.740. The van der Waals surface area contributed by atoms with Gasteiger partial charge in [0.25, 0.3) is 0 Å². The smallest absolute Gasteiger partial charge is 0.247 e. The summed E-state index contributed by atoms with van der Waals surface area (Å²) < 4.78 is 5.73. The number of ether oxygens (including phenoxy) is 1. The molecule has 0 spiro atoms. The lowest BCUT2D eigenvalue weighted by Gasteiger charge is -2.22. The van der Waals surface area contributed by atoms with Crippen molar-refractivity contribution in [2.75, 3.05) is 11.9 Å². The summed E-state index contributed by atoms with van der Waals surface area (Å²) in [7, 11) is 0. The number of rotatable bonds is 7. The normalized spacial score (nSPS) is 15.3. The third kappa shape index (κ3) is 4.90. The molecule has 1 fully saturated rings. The van der Waals surface area contributed by atoms with Gasteiger partial charge in [-0.3, -0.25) is 4.79 Å². The molecule has 0 aliphatic heterocycles. The van der Waals surface area contributed by atoms with Crippen LogP contribution in [0.5, 0.6) is 5.75 Å². The van der Waals surface area contributed by atoms with Gasteiger partial charge in [-0.05, 0) is 55.5 Å². The van der Waals surface area contributed by atoms with Crippen LogP contribution in [0.1, 0.15) is 51.0 Å². The van der Waals surface area contributed by atoms with E-state index in [4.69, 9.17) is 4.74 Å². The van der Waals surface area contributed by atoms with Crippen LogP contribution in [-0.2, 0) is 11.2 Å². The first kappa shape index (κ1) is 16.6. The van der Waals surface area contributed by atoms with Crippen molar-refractivity contribution in [3.8, 4) is 5.75 Å². The molecule has 0 unspecified atom stereocenters. The Morgan fingerprint density at radius 3 is 2.82 bits per heavy atom. The number of benzene rings is 1. The van der Waals surface area contributed by atoms with Crippen molar-refractivity contribution >= 4 is 11.6 Å². The fourth-order valence-electron chi connectivity index (χ4n) is 3.18. The average Bonchev–Trinajstić information content (AvgIpc) is 2.56. The van der Waals surface area contributed by atoms with Crippen molar-refractivity contribution in [1.82, 2.24) is 0 Å². The van der Waals surface area contributed by atoms with Gasteiger partial charge in [0.1, 0.15) is 5.75 Å². The fraction of sp³-hybridized carbons (Fsp3) is 0.526. The topological polar surface area (TPSA) is 38.3 Å². The van der Waals surface area contributed by atoms with Gasteiger partial charge in [-0.1, -0.05) is 38.7 Å². The minimum atomic E-state index is -0.178. The summed E-state index contributed by atoms with van der Waals surface area (Å²) in [4.78, 5) is 11.4.